The standard InChI is InChI=1S/C9H9NO5S/c1-16(13,14)10-8(11)6-4-2-3-5(15-4)7(6)9(10)12/h2-7H,1H3. The van der Waals surface area contributed by atoms with Crippen LogP contribution in [-0.4, -0.2) is 43.0 Å². The van der Waals surface area contributed by atoms with Gasteiger partial charge in [0, 0.05) is 0 Å². The summed E-state index contributed by atoms with van der Waals surface area (Å²) in [6.45, 7) is 0. The molecule has 16 heavy (non-hydrogen) atoms. The third-order valence-corrected chi connectivity index (χ3v) is 4.22. The SMILES string of the molecule is CS(=O)(=O)N1C(=O)C2C3C=CC(O3)C2C1=O. The number of sulfonamides is 1. The van der Waals surface area contributed by atoms with Crippen LogP contribution in [0.2, 0.25) is 0 Å². The lowest BCUT2D eigenvalue weighted by Crippen LogP contribution is -2.38. The summed E-state index contributed by atoms with van der Waals surface area (Å²) in [6.07, 6.45) is 3.39. The van der Waals surface area contributed by atoms with Gasteiger partial charge in [-0.15, -0.1) is 0 Å². The van der Waals surface area contributed by atoms with E-state index in [4.69, 9.17) is 4.74 Å². The lowest BCUT2D eigenvalue weighted by atomic mass is 9.85. The molecule has 4 atom stereocenters. The van der Waals surface area contributed by atoms with Gasteiger partial charge >= 0.3 is 0 Å². The molecule has 0 radical (unpaired) electrons. The van der Waals surface area contributed by atoms with Crippen molar-refractivity contribution in [3.63, 3.8) is 0 Å². The molecular weight excluding hydrogens is 234 g/mol. The number of ether oxygens (including phenoxy) is 1. The Morgan fingerprint density at radius 3 is 1.94 bits per heavy atom. The molecule has 0 aromatic carbocycles. The van der Waals surface area contributed by atoms with Gasteiger partial charge in [0.15, 0.2) is 0 Å². The van der Waals surface area contributed by atoms with Crippen molar-refractivity contribution in [1.29, 1.82) is 0 Å². The number of hydrogen-bond donors (Lipinski definition) is 0. The summed E-state index contributed by atoms with van der Waals surface area (Å²) in [7, 11) is -3.81. The molecule has 86 valence electrons. The maximum Gasteiger partial charge on any atom is 0.250 e. The molecule has 2 bridgehead atoms. The molecule has 0 spiro atoms. The van der Waals surface area contributed by atoms with Crippen LogP contribution in [0.1, 0.15) is 0 Å². The third kappa shape index (κ3) is 1.02. The van der Waals surface area contributed by atoms with Gasteiger partial charge in [0.05, 0.1) is 30.3 Å². The quantitative estimate of drug-likeness (QED) is 0.430. The van der Waals surface area contributed by atoms with Gasteiger partial charge < -0.3 is 4.74 Å². The van der Waals surface area contributed by atoms with Crippen LogP contribution in [0.5, 0.6) is 0 Å². The van der Waals surface area contributed by atoms with Crippen LogP contribution >= 0.6 is 0 Å². The van der Waals surface area contributed by atoms with Gasteiger partial charge in [0.2, 0.25) is 21.8 Å². The van der Waals surface area contributed by atoms with E-state index >= 15 is 0 Å². The third-order valence-electron chi connectivity index (χ3n) is 3.20. The fourth-order valence-electron chi connectivity index (χ4n) is 2.60. The number of hydrogen-bond acceptors (Lipinski definition) is 5. The minimum absolute atomic E-state index is 0.387. The monoisotopic (exact) mass is 243 g/mol. The van der Waals surface area contributed by atoms with Gasteiger partial charge in [-0.2, -0.15) is 4.31 Å². The van der Waals surface area contributed by atoms with E-state index in [1.807, 2.05) is 0 Å². The Morgan fingerprint density at radius 2 is 1.56 bits per heavy atom. The highest BCUT2D eigenvalue weighted by atomic mass is 32.2. The molecule has 0 aromatic heterocycles. The number of fused-ring (bicyclic) bond motifs is 5. The Morgan fingerprint density at radius 1 is 1.12 bits per heavy atom. The van der Waals surface area contributed by atoms with Crippen LogP contribution in [0.25, 0.3) is 0 Å². The van der Waals surface area contributed by atoms with Gasteiger partial charge in [-0.25, -0.2) is 8.42 Å². The molecule has 0 N–H and O–H groups in total. The zero-order chi connectivity index (χ0) is 11.7. The first-order chi connectivity index (χ1) is 7.41. The van der Waals surface area contributed by atoms with E-state index in [1.54, 1.807) is 12.2 Å². The summed E-state index contributed by atoms with van der Waals surface area (Å²) >= 11 is 0. The summed E-state index contributed by atoms with van der Waals surface area (Å²) in [5.41, 5.74) is 0. The van der Waals surface area contributed by atoms with E-state index in [0.29, 0.717) is 4.31 Å². The first-order valence-electron chi connectivity index (χ1n) is 4.83. The number of imide groups is 1. The van der Waals surface area contributed by atoms with Gasteiger partial charge in [0.25, 0.3) is 0 Å². The van der Waals surface area contributed by atoms with E-state index < -0.39 is 45.9 Å². The van der Waals surface area contributed by atoms with Crippen LogP contribution < -0.4 is 0 Å². The van der Waals surface area contributed by atoms with E-state index in [9.17, 15) is 18.0 Å². The highest BCUT2D eigenvalue weighted by Gasteiger charge is 2.62. The van der Waals surface area contributed by atoms with E-state index in [1.165, 1.54) is 0 Å². The summed E-state index contributed by atoms with van der Waals surface area (Å²) in [5.74, 6) is -2.63. The van der Waals surface area contributed by atoms with Crippen LogP contribution in [0, 0.1) is 11.8 Å². The second-order valence-electron chi connectivity index (χ2n) is 4.21. The highest BCUT2D eigenvalue weighted by Crippen LogP contribution is 2.45. The molecule has 2 amide bonds. The van der Waals surface area contributed by atoms with Crippen LogP contribution in [0.3, 0.4) is 0 Å². The van der Waals surface area contributed by atoms with Crippen molar-refractivity contribution in [3.05, 3.63) is 12.2 Å². The molecule has 6 nitrogen and oxygen atoms in total. The normalized spacial score (nSPS) is 40.9. The average molecular weight is 243 g/mol. The van der Waals surface area contributed by atoms with Crippen molar-refractivity contribution >= 4 is 21.8 Å². The maximum atomic E-state index is 11.8. The van der Waals surface area contributed by atoms with Gasteiger partial charge in [-0.05, 0) is 0 Å². The molecule has 3 heterocycles. The molecule has 0 aromatic rings. The topological polar surface area (TPSA) is 80.8 Å². The molecule has 2 saturated heterocycles. The molecule has 3 aliphatic rings. The molecule has 0 saturated carbocycles. The van der Waals surface area contributed by atoms with E-state index in [-0.39, 0.29) is 0 Å². The Labute approximate surface area is 91.9 Å². The number of rotatable bonds is 1. The molecule has 4 unspecified atom stereocenters. The molecule has 2 fully saturated rings. The Bertz CT molecular complexity index is 492. The number of carbonyl (C=O) groups is 2. The maximum absolute atomic E-state index is 11.8. The Hall–Kier alpha value is -1.21. The van der Waals surface area contributed by atoms with Crippen LogP contribution in [-0.2, 0) is 24.3 Å². The largest absolute Gasteiger partial charge is 0.365 e. The van der Waals surface area contributed by atoms with Crippen molar-refractivity contribution in [3.8, 4) is 0 Å². The van der Waals surface area contributed by atoms with Crippen LogP contribution in [0.15, 0.2) is 12.2 Å². The molecular formula is C9H9NO5S. The van der Waals surface area contributed by atoms with E-state index in [0.717, 1.165) is 6.26 Å². The average Bonchev–Trinajstić information content (AvgIpc) is 2.77. The molecule has 3 aliphatic heterocycles. The lowest BCUT2D eigenvalue weighted by Gasteiger charge is -2.14. The summed E-state index contributed by atoms with van der Waals surface area (Å²) in [5, 5.41) is 0. The predicted molar refractivity (Wildman–Crippen MR) is 51.5 cm³/mol. The zero-order valence-electron chi connectivity index (χ0n) is 8.36. The van der Waals surface area contributed by atoms with Gasteiger partial charge in [-0.3, -0.25) is 9.59 Å². The smallest absolute Gasteiger partial charge is 0.250 e. The number of amides is 2. The van der Waals surface area contributed by atoms with Gasteiger partial charge in [-0.1, -0.05) is 12.2 Å². The molecule has 0 aliphatic carbocycles. The van der Waals surface area contributed by atoms with Crippen molar-refractivity contribution in [2.45, 2.75) is 12.2 Å². The first-order valence-corrected chi connectivity index (χ1v) is 6.68. The fraction of sp³-hybridized carbons (Fsp3) is 0.556. The minimum Gasteiger partial charge on any atom is -0.365 e. The zero-order valence-corrected chi connectivity index (χ0v) is 9.18. The van der Waals surface area contributed by atoms with Crippen molar-refractivity contribution < 1.29 is 22.7 Å². The Balaban J connectivity index is 2.08. The van der Waals surface area contributed by atoms with Crippen molar-refractivity contribution in [2.75, 3.05) is 6.26 Å². The van der Waals surface area contributed by atoms with Gasteiger partial charge in [0.1, 0.15) is 0 Å². The number of nitrogens with zero attached hydrogens (tertiary/aromatic N) is 1. The molecule has 3 rings (SSSR count). The summed E-state index contributed by atoms with van der Waals surface area (Å²) in [4.78, 5) is 23.7. The minimum atomic E-state index is -3.81. The first kappa shape index (κ1) is 9.98. The second kappa shape index (κ2) is 2.72. The highest BCUT2D eigenvalue weighted by molar-refractivity contribution is 7.89. The lowest BCUT2D eigenvalue weighted by molar-refractivity contribution is -0.136. The molecule has 7 heteroatoms. The number of carbonyl (C=O) groups excluding carboxylic acids is 2. The second-order valence-corrected chi connectivity index (χ2v) is 6.04. The fourth-order valence-corrected chi connectivity index (χ4v) is 3.50. The van der Waals surface area contributed by atoms with E-state index in [2.05, 4.69) is 0 Å². The Kier molecular flexibility index (Phi) is 1.70. The summed E-state index contributed by atoms with van der Waals surface area (Å²) in [6, 6.07) is 0. The summed E-state index contributed by atoms with van der Waals surface area (Å²) < 4.78 is 28.4. The predicted octanol–water partition coefficient (Wildman–Crippen LogP) is -1.12. The van der Waals surface area contributed by atoms with Crippen LogP contribution in [0.4, 0.5) is 0 Å². The van der Waals surface area contributed by atoms with Crippen molar-refractivity contribution in [2.24, 2.45) is 11.8 Å². The van der Waals surface area contributed by atoms with Crippen molar-refractivity contribution in [1.82, 2.24) is 4.31 Å².